The van der Waals surface area contributed by atoms with E-state index in [0.717, 1.165) is 18.9 Å². The van der Waals surface area contributed by atoms with E-state index in [2.05, 4.69) is 0 Å². The van der Waals surface area contributed by atoms with Crippen LogP contribution in [0.15, 0.2) is 42.5 Å². The maximum absolute atomic E-state index is 14.0. The Labute approximate surface area is 168 Å². The van der Waals surface area contributed by atoms with Crippen LogP contribution in [0.25, 0.3) is 0 Å². The van der Waals surface area contributed by atoms with Crippen molar-refractivity contribution >= 4 is 11.6 Å². The lowest BCUT2D eigenvalue weighted by Gasteiger charge is -2.37. The van der Waals surface area contributed by atoms with Crippen molar-refractivity contribution in [2.75, 3.05) is 37.6 Å². The molecule has 1 amide bonds. The minimum atomic E-state index is -0.604. The monoisotopic (exact) mass is 403 g/mol. The molecular weight excluding hydrogens is 379 g/mol. The third-order valence-corrected chi connectivity index (χ3v) is 5.62. The summed E-state index contributed by atoms with van der Waals surface area (Å²) in [5, 5.41) is 0. The highest BCUT2D eigenvalue weighted by atomic mass is 19.1. The smallest absolute Gasteiger partial charge is 0.236 e. The molecule has 1 aliphatic carbocycles. The zero-order valence-corrected chi connectivity index (χ0v) is 16.2. The number of hydrogen-bond donors (Lipinski definition) is 0. The van der Waals surface area contributed by atoms with Crippen LogP contribution in [-0.4, -0.2) is 54.5 Å². The van der Waals surface area contributed by atoms with E-state index in [0.29, 0.717) is 37.4 Å². The second kappa shape index (κ2) is 8.45. The number of anilines is 1. The maximum atomic E-state index is 14.0. The number of amides is 1. The zero-order valence-electron chi connectivity index (χ0n) is 16.2. The van der Waals surface area contributed by atoms with Gasteiger partial charge in [0.2, 0.25) is 5.91 Å². The molecule has 2 fully saturated rings. The molecule has 1 saturated heterocycles. The number of carbonyl (C=O) groups is 1. The molecule has 1 saturated carbocycles. The van der Waals surface area contributed by atoms with Crippen LogP contribution < -0.4 is 4.90 Å². The highest BCUT2D eigenvalue weighted by Crippen LogP contribution is 2.29. The Bertz CT molecular complexity index is 879. The van der Waals surface area contributed by atoms with E-state index < -0.39 is 11.6 Å². The van der Waals surface area contributed by atoms with Crippen LogP contribution in [-0.2, 0) is 11.3 Å². The number of rotatable bonds is 6. The molecule has 1 heterocycles. The summed E-state index contributed by atoms with van der Waals surface area (Å²) in [6.45, 7) is 2.69. The summed E-state index contributed by atoms with van der Waals surface area (Å²) in [4.78, 5) is 18.5. The second-order valence-electron chi connectivity index (χ2n) is 7.69. The first kappa shape index (κ1) is 19.8. The van der Waals surface area contributed by atoms with Crippen molar-refractivity contribution in [1.82, 2.24) is 9.80 Å². The van der Waals surface area contributed by atoms with Gasteiger partial charge in [0.15, 0.2) is 0 Å². The van der Waals surface area contributed by atoms with E-state index in [1.54, 1.807) is 23.1 Å². The van der Waals surface area contributed by atoms with Crippen molar-refractivity contribution in [3.8, 4) is 0 Å². The molecule has 4 rings (SSSR count). The number of para-hydroxylation sites is 1. The highest BCUT2D eigenvalue weighted by Gasteiger charge is 2.32. The molecule has 1 aliphatic heterocycles. The molecular formula is C22H24F3N3O. The molecule has 7 heteroatoms. The fourth-order valence-electron chi connectivity index (χ4n) is 3.80. The standard InChI is InChI=1S/C22H24F3N3O/c23-17-6-5-16(20(25)13-17)14-28(18-7-8-18)15-22(29)27-11-9-26(10-12-27)21-4-2-1-3-19(21)24/h1-6,13,18H,7-12,14-15H2. The topological polar surface area (TPSA) is 26.8 Å². The van der Waals surface area contributed by atoms with E-state index in [-0.39, 0.29) is 30.9 Å². The molecule has 2 aliphatic rings. The Morgan fingerprint density at radius 2 is 1.69 bits per heavy atom. The molecule has 2 aromatic rings. The van der Waals surface area contributed by atoms with Crippen molar-refractivity contribution < 1.29 is 18.0 Å². The lowest BCUT2D eigenvalue weighted by Crippen LogP contribution is -2.51. The van der Waals surface area contributed by atoms with Gasteiger partial charge < -0.3 is 9.80 Å². The van der Waals surface area contributed by atoms with Gasteiger partial charge in [-0.05, 0) is 31.0 Å². The molecule has 29 heavy (non-hydrogen) atoms. The van der Waals surface area contributed by atoms with Gasteiger partial charge in [0.05, 0.1) is 12.2 Å². The Morgan fingerprint density at radius 1 is 0.966 bits per heavy atom. The summed E-state index contributed by atoms with van der Waals surface area (Å²) >= 11 is 0. The molecule has 0 N–H and O–H groups in total. The van der Waals surface area contributed by atoms with Gasteiger partial charge in [0, 0.05) is 50.4 Å². The maximum Gasteiger partial charge on any atom is 0.236 e. The van der Waals surface area contributed by atoms with Gasteiger partial charge in [0.25, 0.3) is 0 Å². The molecule has 0 atom stereocenters. The quantitative estimate of drug-likeness (QED) is 0.740. The van der Waals surface area contributed by atoms with Gasteiger partial charge in [-0.2, -0.15) is 0 Å². The molecule has 0 spiro atoms. The number of halogens is 3. The summed E-state index contributed by atoms with van der Waals surface area (Å²) in [6, 6.07) is 10.5. The average molecular weight is 403 g/mol. The summed E-state index contributed by atoms with van der Waals surface area (Å²) in [5.41, 5.74) is 0.960. The molecule has 0 aromatic heterocycles. The van der Waals surface area contributed by atoms with Crippen LogP contribution in [0.3, 0.4) is 0 Å². The summed E-state index contributed by atoms with van der Waals surface area (Å²) in [5.74, 6) is -1.45. The van der Waals surface area contributed by atoms with E-state index in [4.69, 9.17) is 0 Å². The Kier molecular flexibility index (Phi) is 5.76. The van der Waals surface area contributed by atoms with Gasteiger partial charge in [0.1, 0.15) is 17.5 Å². The molecule has 154 valence electrons. The first-order chi connectivity index (χ1) is 14.0. The normalized spacial score (nSPS) is 17.1. The number of hydrogen-bond acceptors (Lipinski definition) is 3. The van der Waals surface area contributed by atoms with Crippen LogP contribution in [0.4, 0.5) is 18.9 Å². The average Bonchev–Trinajstić information content (AvgIpc) is 3.55. The predicted molar refractivity (Wildman–Crippen MR) is 105 cm³/mol. The van der Waals surface area contributed by atoms with Gasteiger partial charge >= 0.3 is 0 Å². The fourth-order valence-corrected chi connectivity index (χ4v) is 3.80. The van der Waals surface area contributed by atoms with Crippen LogP contribution in [0, 0.1) is 17.5 Å². The Morgan fingerprint density at radius 3 is 2.34 bits per heavy atom. The minimum Gasteiger partial charge on any atom is -0.366 e. The molecule has 0 bridgehead atoms. The SMILES string of the molecule is O=C(CN(Cc1ccc(F)cc1F)C1CC1)N1CCN(c2ccccc2F)CC1. The van der Waals surface area contributed by atoms with Crippen molar-refractivity contribution in [3.63, 3.8) is 0 Å². The van der Waals surface area contributed by atoms with Crippen molar-refractivity contribution in [1.29, 1.82) is 0 Å². The van der Waals surface area contributed by atoms with Gasteiger partial charge in [-0.15, -0.1) is 0 Å². The summed E-state index contributed by atoms with van der Waals surface area (Å²) in [7, 11) is 0. The molecule has 4 nitrogen and oxygen atoms in total. The predicted octanol–water partition coefficient (Wildman–Crippen LogP) is 3.42. The van der Waals surface area contributed by atoms with E-state index in [9.17, 15) is 18.0 Å². The molecule has 2 aromatic carbocycles. The van der Waals surface area contributed by atoms with E-state index in [1.807, 2.05) is 9.80 Å². The summed E-state index contributed by atoms with van der Waals surface area (Å²) < 4.78 is 41.2. The highest BCUT2D eigenvalue weighted by molar-refractivity contribution is 5.78. The molecule has 0 radical (unpaired) electrons. The summed E-state index contributed by atoms with van der Waals surface area (Å²) in [6.07, 6.45) is 1.97. The van der Waals surface area contributed by atoms with Crippen LogP contribution >= 0.6 is 0 Å². The number of nitrogens with zero attached hydrogens (tertiary/aromatic N) is 3. The van der Waals surface area contributed by atoms with Gasteiger partial charge in [-0.1, -0.05) is 18.2 Å². The fraction of sp³-hybridized carbons (Fsp3) is 0.409. The van der Waals surface area contributed by atoms with Crippen LogP contribution in [0.1, 0.15) is 18.4 Å². The van der Waals surface area contributed by atoms with Crippen LogP contribution in [0.5, 0.6) is 0 Å². The Hall–Kier alpha value is -2.54. The number of carbonyl (C=O) groups excluding carboxylic acids is 1. The number of piperazine rings is 1. The third kappa shape index (κ3) is 4.72. The van der Waals surface area contributed by atoms with E-state index in [1.165, 1.54) is 18.2 Å². The van der Waals surface area contributed by atoms with Gasteiger partial charge in [-0.25, -0.2) is 13.2 Å². The largest absolute Gasteiger partial charge is 0.366 e. The first-order valence-corrected chi connectivity index (χ1v) is 9.96. The first-order valence-electron chi connectivity index (χ1n) is 9.96. The minimum absolute atomic E-state index is 0.00685. The number of benzene rings is 2. The van der Waals surface area contributed by atoms with Crippen molar-refractivity contribution in [2.24, 2.45) is 0 Å². The lowest BCUT2D eigenvalue weighted by atomic mass is 10.2. The van der Waals surface area contributed by atoms with E-state index >= 15 is 0 Å². The second-order valence-corrected chi connectivity index (χ2v) is 7.69. The third-order valence-electron chi connectivity index (χ3n) is 5.62. The zero-order chi connectivity index (χ0) is 20.4. The molecule has 0 unspecified atom stereocenters. The van der Waals surface area contributed by atoms with Crippen molar-refractivity contribution in [3.05, 3.63) is 65.5 Å². The lowest BCUT2D eigenvalue weighted by molar-refractivity contribution is -0.133. The van der Waals surface area contributed by atoms with Crippen LogP contribution in [0.2, 0.25) is 0 Å². The van der Waals surface area contributed by atoms with Gasteiger partial charge in [-0.3, -0.25) is 9.69 Å². The van der Waals surface area contributed by atoms with Crippen molar-refractivity contribution in [2.45, 2.75) is 25.4 Å². The Balaban J connectivity index is 1.35.